The molecule has 1 heterocycles. The van der Waals surface area contributed by atoms with Crippen LogP contribution >= 0.6 is 24.4 Å². The van der Waals surface area contributed by atoms with Crippen molar-refractivity contribution in [1.29, 1.82) is 0 Å². The Morgan fingerprint density at radius 2 is 1.96 bits per heavy atom. The number of benzene rings is 1. The lowest BCUT2D eigenvalue weighted by molar-refractivity contribution is 0.214. The number of urea groups is 1. The fraction of sp³-hybridized carbons (Fsp3) is 0.333. The first kappa shape index (κ1) is 17.3. The minimum Gasteiger partial charge on any atom is -0.508 e. The second-order valence-electron chi connectivity index (χ2n) is 4.93. The molecule has 8 heteroatoms. The number of hydrogen-bond donors (Lipinski definition) is 2. The highest BCUT2D eigenvalue weighted by molar-refractivity contribution is 7.89. The van der Waals surface area contributed by atoms with E-state index in [1.165, 1.54) is 17.0 Å². The van der Waals surface area contributed by atoms with Crippen LogP contribution in [-0.4, -0.2) is 56.8 Å². The Morgan fingerprint density at radius 3 is 2.52 bits per heavy atom. The lowest BCUT2D eigenvalue weighted by Crippen LogP contribution is -2.57. The number of nitrogens with one attached hydrogen (secondary N) is 1. The minimum atomic E-state index is -0.941. The standard InChI is InChI=1S/C15H16N3O3S2/c1-2-17-7-8-18(14(23)13(17)22)15(21)16-12(9-19)10-3-5-11(20)6-4-10/h3-6,12,20H,2,7-8H2,1H3,(H,16,21). The maximum atomic E-state index is 12.4. The second kappa shape index (κ2) is 7.47. The minimum absolute atomic E-state index is 0.0759. The maximum Gasteiger partial charge on any atom is 0.323 e. The molecule has 0 aliphatic carbocycles. The highest BCUT2D eigenvalue weighted by atomic mass is 32.1. The van der Waals surface area contributed by atoms with Gasteiger partial charge in [0, 0.05) is 19.6 Å². The van der Waals surface area contributed by atoms with E-state index in [-0.39, 0.29) is 10.7 Å². The summed E-state index contributed by atoms with van der Waals surface area (Å²) in [5.41, 5.74) is 0.520. The molecule has 0 aromatic heterocycles. The molecule has 1 saturated heterocycles. The average molecular weight is 350 g/mol. The molecule has 1 atom stereocenters. The number of aromatic hydroxyl groups is 1. The van der Waals surface area contributed by atoms with Crippen LogP contribution in [0, 0.1) is 0 Å². The average Bonchev–Trinajstić information content (AvgIpc) is 2.55. The topological polar surface area (TPSA) is 72.9 Å². The van der Waals surface area contributed by atoms with Crippen molar-refractivity contribution in [3.05, 3.63) is 29.8 Å². The number of piperazine rings is 1. The van der Waals surface area contributed by atoms with Crippen molar-refractivity contribution in [2.75, 3.05) is 19.6 Å². The summed E-state index contributed by atoms with van der Waals surface area (Å²) in [4.78, 5) is 27.6. The number of carbonyl (C=O) groups excluding carboxylic acids is 2. The molecule has 6 nitrogen and oxygen atoms in total. The molecule has 1 radical (unpaired) electrons. The summed E-state index contributed by atoms with van der Waals surface area (Å²) in [5.74, 6) is 0.0759. The van der Waals surface area contributed by atoms with Crippen molar-refractivity contribution in [1.82, 2.24) is 15.1 Å². The number of phenolic OH excluding ortho intramolecular Hbond substituents is 1. The van der Waals surface area contributed by atoms with E-state index in [1.54, 1.807) is 18.4 Å². The van der Waals surface area contributed by atoms with Gasteiger partial charge >= 0.3 is 6.03 Å². The molecule has 0 bridgehead atoms. The van der Waals surface area contributed by atoms with E-state index >= 15 is 0 Å². The number of nitrogens with zero attached hydrogens (tertiary/aromatic N) is 2. The first-order chi connectivity index (χ1) is 11.0. The molecule has 1 aliphatic heterocycles. The van der Waals surface area contributed by atoms with Crippen molar-refractivity contribution in [3.8, 4) is 5.75 Å². The first-order valence-electron chi connectivity index (χ1n) is 7.05. The third kappa shape index (κ3) is 3.83. The van der Waals surface area contributed by atoms with Crippen LogP contribution < -0.4 is 5.32 Å². The molecule has 1 fully saturated rings. The summed E-state index contributed by atoms with van der Waals surface area (Å²) >= 11 is 10.5. The first-order valence-corrected chi connectivity index (χ1v) is 7.87. The Hall–Kier alpha value is -2.06. The Labute approximate surface area is 145 Å². The molecule has 0 spiro atoms. The predicted octanol–water partition coefficient (Wildman–Crippen LogP) is 1.54. The van der Waals surface area contributed by atoms with Gasteiger partial charge in [-0.3, -0.25) is 9.69 Å². The lowest BCUT2D eigenvalue weighted by atomic mass is 10.1. The molecule has 2 rings (SSSR count). The summed E-state index contributed by atoms with van der Waals surface area (Å²) in [5, 5.41) is 11.9. The van der Waals surface area contributed by atoms with Crippen LogP contribution in [-0.2, 0) is 4.79 Å². The van der Waals surface area contributed by atoms with Crippen LogP contribution in [0.5, 0.6) is 5.75 Å². The predicted molar refractivity (Wildman–Crippen MR) is 94.2 cm³/mol. The number of amides is 2. The molecule has 121 valence electrons. The van der Waals surface area contributed by atoms with Crippen molar-refractivity contribution in [2.24, 2.45) is 0 Å². The van der Waals surface area contributed by atoms with Gasteiger partial charge in [0.1, 0.15) is 21.8 Å². The van der Waals surface area contributed by atoms with Gasteiger partial charge in [-0.2, -0.15) is 0 Å². The lowest BCUT2D eigenvalue weighted by Gasteiger charge is -2.36. The van der Waals surface area contributed by atoms with Crippen molar-refractivity contribution in [2.45, 2.75) is 13.0 Å². The molecule has 1 aromatic carbocycles. The maximum absolute atomic E-state index is 12.4. The smallest absolute Gasteiger partial charge is 0.323 e. The fourth-order valence-corrected chi connectivity index (χ4v) is 2.85. The molecule has 2 N–H and O–H groups in total. The van der Waals surface area contributed by atoms with E-state index in [9.17, 15) is 14.7 Å². The Morgan fingerprint density at radius 1 is 1.30 bits per heavy atom. The SMILES string of the molecule is CCN1CCN(C(=O)NC([C]=O)c2ccc(O)cc2)C(=S)C1=S. The van der Waals surface area contributed by atoms with Crippen LogP contribution in [0.4, 0.5) is 4.79 Å². The Bertz CT molecular complexity index is 633. The Balaban J connectivity index is 2.08. The summed E-state index contributed by atoms with van der Waals surface area (Å²) in [6.45, 7) is 3.69. The third-order valence-corrected chi connectivity index (χ3v) is 4.54. The summed E-state index contributed by atoms with van der Waals surface area (Å²) in [6, 6.07) is 4.53. The quantitative estimate of drug-likeness (QED) is 0.803. The van der Waals surface area contributed by atoms with Gasteiger partial charge in [-0.1, -0.05) is 36.6 Å². The molecule has 0 saturated carbocycles. The zero-order valence-corrected chi connectivity index (χ0v) is 14.1. The van der Waals surface area contributed by atoms with Crippen molar-refractivity contribution in [3.63, 3.8) is 0 Å². The molecular formula is C15H16N3O3S2. The van der Waals surface area contributed by atoms with Gasteiger partial charge in [0.25, 0.3) is 0 Å². The zero-order valence-electron chi connectivity index (χ0n) is 12.5. The summed E-state index contributed by atoms with van der Waals surface area (Å²) in [6.07, 6.45) is 1.78. The van der Waals surface area contributed by atoms with Crippen molar-refractivity contribution < 1.29 is 14.7 Å². The number of thiocarbonyl (C=S) groups is 2. The number of rotatable bonds is 4. The molecule has 2 amide bonds. The van der Waals surface area contributed by atoms with Crippen LogP contribution in [0.3, 0.4) is 0 Å². The van der Waals surface area contributed by atoms with E-state index in [0.717, 1.165) is 6.54 Å². The molecule has 23 heavy (non-hydrogen) atoms. The molecule has 1 aromatic rings. The van der Waals surface area contributed by atoms with Crippen molar-refractivity contribution >= 4 is 46.7 Å². The number of hydrogen-bond acceptors (Lipinski definition) is 5. The normalized spacial score (nSPS) is 16.2. The summed E-state index contributed by atoms with van der Waals surface area (Å²) in [7, 11) is 0. The monoisotopic (exact) mass is 350 g/mol. The zero-order chi connectivity index (χ0) is 17.0. The largest absolute Gasteiger partial charge is 0.508 e. The van der Waals surface area contributed by atoms with Crippen LogP contribution in [0.2, 0.25) is 0 Å². The Kier molecular flexibility index (Phi) is 5.62. The number of phenols is 1. The number of likely N-dealkylation sites (N-methyl/N-ethyl adjacent to an activating group) is 1. The second-order valence-corrected chi connectivity index (χ2v) is 5.71. The van der Waals surface area contributed by atoms with E-state index < -0.39 is 12.1 Å². The van der Waals surface area contributed by atoms with E-state index in [2.05, 4.69) is 5.32 Å². The van der Waals surface area contributed by atoms with Gasteiger partial charge in [0.2, 0.25) is 6.29 Å². The van der Waals surface area contributed by atoms with E-state index in [1.807, 2.05) is 11.8 Å². The fourth-order valence-electron chi connectivity index (χ4n) is 2.22. The van der Waals surface area contributed by atoms with Gasteiger partial charge in [-0.05, 0) is 24.6 Å². The molecule has 1 aliphatic rings. The van der Waals surface area contributed by atoms with E-state index in [4.69, 9.17) is 24.4 Å². The van der Waals surface area contributed by atoms with E-state index in [0.29, 0.717) is 23.6 Å². The van der Waals surface area contributed by atoms with Gasteiger partial charge in [-0.25, -0.2) is 4.79 Å². The van der Waals surface area contributed by atoms with Gasteiger partial charge in [0.15, 0.2) is 0 Å². The highest BCUT2D eigenvalue weighted by Gasteiger charge is 2.30. The van der Waals surface area contributed by atoms with Gasteiger partial charge in [-0.15, -0.1) is 0 Å². The third-order valence-electron chi connectivity index (χ3n) is 3.55. The number of carbonyl (C=O) groups is 1. The molecular weight excluding hydrogens is 334 g/mol. The van der Waals surface area contributed by atoms with Crippen LogP contribution in [0.15, 0.2) is 24.3 Å². The molecule has 1 unspecified atom stereocenters. The summed E-state index contributed by atoms with van der Waals surface area (Å²) < 4.78 is 0. The van der Waals surface area contributed by atoms with Gasteiger partial charge in [0.05, 0.1) is 0 Å². The van der Waals surface area contributed by atoms with Crippen LogP contribution in [0.1, 0.15) is 18.5 Å². The highest BCUT2D eigenvalue weighted by Crippen LogP contribution is 2.16. The van der Waals surface area contributed by atoms with Crippen LogP contribution in [0.25, 0.3) is 0 Å². The van der Waals surface area contributed by atoms with Gasteiger partial charge < -0.3 is 15.3 Å².